The first-order chi connectivity index (χ1) is 9.65. The van der Waals surface area contributed by atoms with E-state index in [-0.39, 0.29) is 0 Å². The van der Waals surface area contributed by atoms with Crippen molar-refractivity contribution in [2.75, 3.05) is 0 Å². The molecule has 3 aromatic rings. The van der Waals surface area contributed by atoms with Crippen LogP contribution in [0.15, 0.2) is 28.9 Å². The highest BCUT2D eigenvalue weighted by Crippen LogP contribution is 2.43. The van der Waals surface area contributed by atoms with Gasteiger partial charge in [-0.1, -0.05) is 29.3 Å². The highest BCUT2D eigenvalue weighted by molar-refractivity contribution is 6.36. The molecule has 0 saturated heterocycles. The molecule has 0 aliphatic heterocycles. The van der Waals surface area contributed by atoms with E-state index in [2.05, 4.69) is 5.10 Å². The van der Waals surface area contributed by atoms with Crippen molar-refractivity contribution >= 4 is 28.9 Å². The molecule has 102 valence electrons. The fourth-order valence-corrected chi connectivity index (χ4v) is 3.11. The first-order valence-corrected chi connectivity index (χ1v) is 7.33. The predicted octanol–water partition coefficient (Wildman–Crippen LogP) is 5.09. The molecule has 1 saturated carbocycles. The first kappa shape index (κ1) is 12.3. The molecule has 0 amide bonds. The van der Waals surface area contributed by atoms with Gasteiger partial charge < -0.3 is 4.42 Å². The molecule has 2 aromatic heterocycles. The number of hydrogen-bond donors (Lipinski definition) is 0. The number of nitrogens with zero attached hydrogens (tertiary/aromatic N) is 2. The molecule has 1 aliphatic carbocycles. The lowest BCUT2D eigenvalue weighted by Crippen LogP contribution is -1.90. The molecular formula is C15H12Cl2N2O. The van der Waals surface area contributed by atoms with Crippen molar-refractivity contribution in [2.45, 2.75) is 25.7 Å². The quantitative estimate of drug-likeness (QED) is 0.660. The van der Waals surface area contributed by atoms with Gasteiger partial charge in [-0.3, -0.25) is 0 Å². The predicted molar refractivity (Wildman–Crippen MR) is 79.6 cm³/mol. The van der Waals surface area contributed by atoms with E-state index >= 15 is 0 Å². The summed E-state index contributed by atoms with van der Waals surface area (Å²) in [6.07, 6.45) is 4.24. The Kier molecular flexibility index (Phi) is 2.63. The average molecular weight is 307 g/mol. The third-order valence-electron chi connectivity index (χ3n) is 3.75. The zero-order valence-electron chi connectivity index (χ0n) is 10.9. The molecule has 5 heteroatoms. The SMILES string of the molecule is Cc1nn2c(C3CC3)coc2c1-c1ccc(Cl)cc1Cl. The summed E-state index contributed by atoms with van der Waals surface area (Å²) >= 11 is 12.3. The smallest absolute Gasteiger partial charge is 0.229 e. The van der Waals surface area contributed by atoms with Gasteiger partial charge in [0.1, 0.15) is 6.26 Å². The van der Waals surface area contributed by atoms with Gasteiger partial charge in [0.2, 0.25) is 5.71 Å². The zero-order valence-corrected chi connectivity index (χ0v) is 12.4. The van der Waals surface area contributed by atoms with Crippen molar-refractivity contribution < 1.29 is 4.42 Å². The lowest BCUT2D eigenvalue weighted by Gasteiger charge is -2.02. The summed E-state index contributed by atoms with van der Waals surface area (Å²) in [5.74, 6) is 0.587. The molecule has 0 unspecified atom stereocenters. The molecule has 0 spiro atoms. The van der Waals surface area contributed by atoms with Gasteiger partial charge in [-0.2, -0.15) is 5.10 Å². The van der Waals surface area contributed by atoms with Crippen LogP contribution in [-0.2, 0) is 0 Å². The molecule has 4 rings (SSSR count). The molecule has 1 fully saturated rings. The molecule has 0 radical (unpaired) electrons. The zero-order chi connectivity index (χ0) is 13.9. The van der Waals surface area contributed by atoms with Crippen molar-refractivity contribution in [1.29, 1.82) is 0 Å². The second-order valence-electron chi connectivity index (χ2n) is 5.24. The van der Waals surface area contributed by atoms with Crippen LogP contribution in [0.4, 0.5) is 0 Å². The summed E-state index contributed by atoms with van der Waals surface area (Å²) < 4.78 is 7.66. The summed E-state index contributed by atoms with van der Waals surface area (Å²) in [6, 6.07) is 5.48. The molecular weight excluding hydrogens is 295 g/mol. The van der Waals surface area contributed by atoms with Crippen molar-refractivity contribution in [2.24, 2.45) is 0 Å². The summed E-state index contributed by atoms with van der Waals surface area (Å²) in [6.45, 7) is 1.97. The van der Waals surface area contributed by atoms with Gasteiger partial charge >= 0.3 is 0 Å². The van der Waals surface area contributed by atoms with E-state index in [4.69, 9.17) is 27.6 Å². The summed E-state index contributed by atoms with van der Waals surface area (Å²) in [7, 11) is 0. The maximum atomic E-state index is 6.31. The number of aromatic nitrogens is 2. The number of halogens is 2. The average Bonchev–Trinajstić information content (AvgIpc) is 3.08. The fraction of sp³-hybridized carbons (Fsp3) is 0.267. The largest absolute Gasteiger partial charge is 0.444 e. The van der Waals surface area contributed by atoms with Crippen LogP contribution in [0, 0.1) is 6.92 Å². The summed E-state index contributed by atoms with van der Waals surface area (Å²) in [5.41, 5.74) is 4.67. The normalized spacial score (nSPS) is 15.2. The minimum absolute atomic E-state index is 0.587. The second-order valence-corrected chi connectivity index (χ2v) is 6.08. The first-order valence-electron chi connectivity index (χ1n) is 6.57. The van der Waals surface area contributed by atoms with E-state index in [1.54, 1.807) is 6.07 Å². The molecule has 1 aromatic carbocycles. The number of hydrogen-bond acceptors (Lipinski definition) is 2. The fourth-order valence-electron chi connectivity index (χ4n) is 2.61. The molecule has 2 heterocycles. The van der Waals surface area contributed by atoms with Crippen molar-refractivity contribution in [3.8, 4) is 11.1 Å². The van der Waals surface area contributed by atoms with Crippen LogP contribution in [0.5, 0.6) is 0 Å². The van der Waals surface area contributed by atoms with Crippen molar-refractivity contribution in [1.82, 2.24) is 9.61 Å². The third kappa shape index (κ3) is 1.77. The molecule has 0 atom stereocenters. The van der Waals surface area contributed by atoms with Crippen LogP contribution in [-0.4, -0.2) is 9.61 Å². The van der Waals surface area contributed by atoms with Crippen LogP contribution >= 0.6 is 23.2 Å². The van der Waals surface area contributed by atoms with Gasteiger partial charge in [-0.05, 0) is 31.9 Å². The Morgan fingerprint density at radius 3 is 2.80 bits per heavy atom. The van der Waals surface area contributed by atoms with Crippen molar-refractivity contribution in [3.05, 3.63) is 45.9 Å². The van der Waals surface area contributed by atoms with E-state index < -0.39 is 0 Å². The van der Waals surface area contributed by atoms with Crippen LogP contribution in [0.25, 0.3) is 16.8 Å². The standard InChI is InChI=1S/C15H12Cl2N2O/c1-8-14(11-5-4-10(16)6-12(11)17)15-19(18-8)13(7-20-15)9-2-3-9/h4-7,9H,2-3H2,1H3. The van der Waals surface area contributed by atoms with E-state index in [1.807, 2.05) is 29.8 Å². The Morgan fingerprint density at radius 2 is 2.10 bits per heavy atom. The molecule has 1 aliphatic rings. The lowest BCUT2D eigenvalue weighted by molar-refractivity contribution is 0.605. The molecule has 3 nitrogen and oxygen atoms in total. The topological polar surface area (TPSA) is 30.4 Å². The Bertz CT molecular complexity index is 815. The molecule has 20 heavy (non-hydrogen) atoms. The Labute approximate surface area is 126 Å². The highest BCUT2D eigenvalue weighted by Gasteiger charge is 2.30. The van der Waals surface area contributed by atoms with Crippen LogP contribution in [0.2, 0.25) is 10.0 Å². The van der Waals surface area contributed by atoms with E-state index in [1.165, 1.54) is 12.8 Å². The second kappa shape index (κ2) is 4.27. The van der Waals surface area contributed by atoms with Gasteiger partial charge in [0.25, 0.3) is 0 Å². The molecule has 0 bridgehead atoms. The summed E-state index contributed by atoms with van der Waals surface area (Å²) in [4.78, 5) is 0. The Balaban J connectivity index is 1.96. The van der Waals surface area contributed by atoms with Gasteiger partial charge in [-0.15, -0.1) is 0 Å². The molecule has 0 N–H and O–H groups in total. The van der Waals surface area contributed by atoms with Crippen molar-refractivity contribution in [3.63, 3.8) is 0 Å². The number of aryl methyl sites for hydroxylation is 1. The third-order valence-corrected chi connectivity index (χ3v) is 4.30. The van der Waals surface area contributed by atoms with Crippen LogP contribution in [0.1, 0.15) is 30.1 Å². The monoisotopic (exact) mass is 306 g/mol. The van der Waals surface area contributed by atoms with Gasteiger partial charge in [-0.25, -0.2) is 4.52 Å². The Morgan fingerprint density at radius 1 is 1.30 bits per heavy atom. The number of fused-ring (bicyclic) bond motifs is 1. The van der Waals surface area contributed by atoms with Gasteiger partial charge in [0.15, 0.2) is 0 Å². The number of rotatable bonds is 2. The number of oxazole rings is 1. The summed E-state index contributed by atoms with van der Waals surface area (Å²) in [5, 5.41) is 5.84. The highest BCUT2D eigenvalue weighted by atomic mass is 35.5. The van der Waals surface area contributed by atoms with Gasteiger partial charge in [0.05, 0.1) is 22.0 Å². The lowest BCUT2D eigenvalue weighted by atomic mass is 10.1. The maximum Gasteiger partial charge on any atom is 0.229 e. The minimum Gasteiger partial charge on any atom is -0.444 e. The van der Waals surface area contributed by atoms with Crippen LogP contribution < -0.4 is 0 Å². The van der Waals surface area contributed by atoms with E-state index in [9.17, 15) is 0 Å². The Hall–Kier alpha value is -1.45. The van der Waals surface area contributed by atoms with E-state index in [0.29, 0.717) is 16.0 Å². The number of benzene rings is 1. The van der Waals surface area contributed by atoms with Gasteiger partial charge in [0, 0.05) is 16.5 Å². The van der Waals surface area contributed by atoms with E-state index in [0.717, 1.165) is 28.2 Å². The maximum absolute atomic E-state index is 6.31. The minimum atomic E-state index is 0.587. The van der Waals surface area contributed by atoms with Crippen LogP contribution in [0.3, 0.4) is 0 Å².